The zero-order valence-corrected chi connectivity index (χ0v) is 33.9. The lowest BCUT2D eigenvalue weighted by atomic mass is 10.0. The summed E-state index contributed by atoms with van der Waals surface area (Å²) in [5.41, 5.74) is -2.49. The van der Waals surface area contributed by atoms with Gasteiger partial charge in [-0.3, -0.25) is 19.2 Å². The van der Waals surface area contributed by atoms with Gasteiger partial charge in [-0.1, -0.05) is 72.8 Å². The quantitative estimate of drug-likeness (QED) is 0.0640. The van der Waals surface area contributed by atoms with Crippen molar-refractivity contribution in [1.29, 1.82) is 0 Å². The van der Waals surface area contributed by atoms with Crippen LogP contribution in [0.15, 0.2) is 109 Å². The second-order valence-electron chi connectivity index (χ2n) is 14.6. The molecule has 0 N–H and O–H groups in total. The van der Waals surface area contributed by atoms with Crippen LogP contribution in [-0.4, -0.2) is 35.1 Å². The highest BCUT2D eigenvalue weighted by Crippen LogP contribution is 2.46. The SMILES string of the molecule is O=C1C(=O)c2cc(C(F)(F)F)ccc2/C1=C/c1cc2c(C(=O)OCc3ccccc3)c3sc(/C=C4\C(=O)C(=O)c5cc(C(F)(F)F)ccc54)cc3c(C(=O)OCc3ccccc3)c2s1. The third-order valence-corrected chi connectivity index (χ3v) is 12.8. The number of ketones is 4. The average Bonchev–Trinajstić information content (AvgIpc) is 4.00. The number of benzene rings is 5. The van der Waals surface area contributed by atoms with Crippen LogP contribution in [0.25, 0.3) is 43.5 Å². The number of allylic oxidation sites excluding steroid dienone is 2. The van der Waals surface area contributed by atoms with Gasteiger partial charge in [-0.15, -0.1) is 22.7 Å². The number of thiophene rings is 2. The van der Waals surface area contributed by atoms with E-state index in [-0.39, 0.29) is 76.5 Å². The second-order valence-corrected chi connectivity index (χ2v) is 16.8. The molecule has 64 heavy (non-hydrogen) atoms. The third kappa shape index (κ3) is 7.53. The molecule has 2 aliphatic rings. The van der Waals surface area contributed by atoms with E-state index in [2.05, 4.69) is 0 Å². The Balaban J connectivity index is 1.24. The van der Waals surface area contributed by atoms with Gasteiger partial charge in [-0.2, -0.15) is 26.3 Å². The van der Waals surface area contributed by atoms with Crippen LogP contribution in [0, 0.1) is 0 Å². The number of Topliss-reactive ketones (excluding diaryl/α,β-unsaturated/α-hetero) is 4. The van der Waals surface area contributed by atoms with Crippen molar-refractivity contribution in [1.82, 2.24) is 0 Å². The standard InChI is InChI=1S/C48H24F6O8S2/c49-47(50,51)25-11-13-29-31(15-25)39(55)41(57)33(29)17-27-19-35-37(45(59)61-21-23-7-3-1-4-8-23)43-36(38(44(35)64-27)46(60)62-22-24-9-5-2-6-10-24)20-28(63-43)18-34-30-14-12-26(48(52,53)54)16-32(30)40(56)42(34)58/h1-20H,21-22H2/b33-17-,34-18-. The minimum Gasteiger partial charge on any atom is -0.457 e. The molecule has 0 fully saturated rings. The Morgan fingerprint density at radius 1 is 0.484 bits per heavy atom. The molecule has 0 spiro atoms. The molecule has 2 aromatic heterocycles. The summed E-state index contributed by atoms with van der Waals surface area (Å²) >= 11 is 1.83. The van der Waals surface area contributed by atoms with E-state index in [1.807, 2.05) is 0 Å². The molecule has 0 amide bonds. The highest BCUT2D eigenvalue weighted by atomic mass is 32.1. The Labute approximate surface area is 364 Å². The Bertz CT molecular complexity index is 2980. The van der Waals surface area contributed by atoms with E-state index < -0.39 is 69.7 Å². The molecular formula is C48H24F6O8S2. The first-order chi connectivity index (χ1) is 30.5. The van der Waals surface area contributed by atoms with Crippen LogP contribution >= 0.6 is 22.7 Å². The van der Waals surface area contributed by atoms with E-state index in [0.29, 0.717) is 23.3 Å². The summed E-state index contributed by atoms with van der Waals surface area (Å²) in [6, 6.07) is 25.1. The first kappa shape index (κ1) is 42.0. The Kier molecular flexibility index (Phi) is 10.4. The highest BCUT2D eigenvalue weighted by Gasteiger charge is 2.40. The summed E-state index contributed by atoms with van der Waals surface area (Å²) in [6.07, 6.45) is -7.00. The van der Waals surface area contributed by atoms with Crippen molar-refractivity contribution in [2.24, 2.45) is 0 Å². The van der Waals surface area contributed by atoms with Crippen LogP contribution in [-0.2, 0) is 44.6 Å². The monoisotopic (exact) mass is 906 g/mol. The molecule has 0 saturated heterocycles. The molecule has 8 nitrogen and oxygen atoms in total. The van der Waals surface area contributed by atoms with Crippen molar-refractivity contribution in [2.75, 3.05) is 0 Å². The highest BCUT2D eigenvalue weighted by molar-refractivity contribution is 7.22. The van der Waals surface area contributed by atoms with Crippen molar-refractivity contribution in [3.05, 3.63) is 175 Å². The van der Waals surface area contributed by atoms with Gasteiger partial charge in [-0.25, -0.2) is 9.59 Å². The number of halogens is 6. The minimum atomic E-state index is -4.79. The molecule has 16 heteroatoms. The van der Waals surface area contributed by atoms with Gasteiger partial charge in [0.15, 0.2) is 0 Å². The lowest BCUT2D eigenvalue weighted by molar-refractivity contribution is -0.138. The van der Waals surface area contributed by atoms with Gasteiger partial charge in [-0.05, 0) is 70.8 Å². The fraction of sp³-hybridized carbons (Fsp3) is 0.0833. The average molecular weight is 907 g/mol. The van der Waals surface area contributed by atoms with E-state index in [4.69, 9.17) is 9.47 Å². The predicted molar refractivity (Wildman–Crippen MR) is 226 cm³/mol. The number of hydrogen-bond donors (Lipinski definition) is 0. The Hall–Kier alpha value is -7.30. The van der Waals surface area contributed by atoms with Crippen LogP contribution in [0.1, 0.15) is 84.6 Å². The van der Waals surface area contributed by atoms with E-state index in [1.165, 1.54) is 24.3 Å². The summed E-state index contributed by atoms with van der Waals surface area (Å²) in [7, 11) is 0. The number of carbonyl (C=O) groups is 6. The number of esters is 2. The molecule has 9 rings (SSSR count). The van der Waals surface area contributed by atoms with E-state index in [1.54, 1.807) is 60.7 Å². The number of fused-ring (bicyclic) bond motifs is 4. The maximum absolute atomic E-state index is 14.3. The number of ether oxygens (including phenoxy) is 2. The van der Waals surface area contributed by atoms with E-state index in [0.717, 1.165) is 46.9 Å². The van der Waals surface area contributed by atoms with Gasteiger partial charge in [0.25, 0.3) is 0 Å². The number of alkyl halides is 6. The van der Waals surface area contributed by atoms with Gasteiger partial charge in [0.05, 0.1) is 31.7 Å². The van der Waals surface area contributed by atoms with Gasteiger partial charge in [0, 0.05) is 42.8 Å². The predicted octanol–water partition coefficient (Wildman–Crippen LogP) is 11.5. The van der Waals surface area contributed by atoms with Gasteiger partial charge in [0.1, 0.15) is 13.2 Å². The summed E-state index contributed by atoms with van der Waals surface area (Å²) in [5.74, 6) is -6.14. The van der Waals surface area contributed by atoms with Gasteiger partial charge < -0.3 is 9.47 Å². The second kappa shape index (κ2) is 15.8. The Morgan fingerprint density at radius 2 is 0.859 bits per heavy atom. The topological polar surface area (TPSA) is 121 Å². The molecule has 0 aliphatic heterocycles. The summed E-state index contributed by atoms with van der Waals surface area (Å²) in [5, 5.41) is 0.272. The molecule has 7 aromatic rings. The lowest BCUT2D eigenvalue weighted by Gasteiger charge is -2.11. The summed E-state index contributed by atoms with van der Waals surface area (Å²) in [6.45, 7) is -0.374. The van der Waals surface area contributed by atoms with Gasteiger partial charge >= 0.3 is 24.3 Å². The van der Waals surface area contributed by atoms with Gasteiger partial charge in [0.2, 0.25) is 23.1 Å². The normalized spacial score (nSPS) is 15.2. The zero-order valence-electron chi connectivity index (χ0n) is 32.3. The van der Waals surface area contributed by atoms with Crippen molar-refractivity contribution in [2.45, 2.75) is 25.6 Å². The molecule has 0 radical (unpaired) electrons. The molecule has 0 bridgehead atoms. The molecule has 5 aromatic carbocycles. The third-order valence-electron chi connectivity index (χ3n) is 10.6. The van der Waals surface area contributed by atoms with Crippen molar-refractivity contribution >= 4 is 101 Å². The van der Waals surface area contributed by atoms with Crippen LogP contribution in [0.2, 0.25) is 0 Å². The van der Waals surface area contributed by atoms with Crippen LogP contribution in [0.3, 0.4) is 0 Å². The lowest BCUT2D eigenvalue weighted by Crippen LogP contribution is -2.10. The molecule has 0 atom stereocenters. The van der Waals surface area contributed by atoms with Crippen LogP contribution in [0.5, 0.6) is 0 Å². The van der Waals surface area contributed by atoms with Crippen molar-refractivity contribution < 1.29 is 64.6 Å². The maximum atomic E-state index is 14.3. The molecule has 2 aliphatic carbocycles. The number of carbonyl (C=O) groups excluding carboxylic acids is 6. The molecular weight excluding hydrogens is 883 g/mol. The van der Waals surface area contributed by atoms with Crippen molar-refractivity contribution in [3.8, 4) is 0 Å². The zero-order chi connectivity index (χ0) is 45.2. The first-order valence-electron chi connectivity index (χ1n) is 19.0. The summed E-state index contributed by atoms with van der Waals surface area (Å²) < 4.78 is 93.3. The molecule has 2 heterocycles. The van der Waals surface area contributed by atoms with Crippen LogP contribution in [0.4, 0.5) is 26.3 Å². The molecule has 318 valence electrons. The molecule has 0 unspecified atom stereocenters. The minimum absolute atomic E-state index is 0.0414. The van der Waals surface area contributed by atoms with Crippen molar-refractivity contribution in [3.63, 3.8) is 0 Å². The van der Waals surface area contributed by atoms with Crippen LogP contribution < -0.4 is 0 Å². The Morgan fingerprint density at radius 3 is 1.22 bits per heavy atom. The number of rotatable bonds is 8. The smallest absolute Gasteiger partial charge is 0.416 e. The maximum Gasteiger partial charge on any atom is 0.416 e. The molecule has 0 saturated carbocycles. The summed E-state index contributed by atoms with van der Waals surface area (Å²) in [4.78, 5) is 81.7. The largest absolute Gasteiger partial charge is 0.457 e. The first-order valence-corrected chi connectivity index (χ1v) is 20.6. The van der Waals surface area contributed by atoms with E-state index in [9.17, 15) is 55.1 Å². The fourth-order valence-corrected chi connectivity index (χ4v) is 9.85. The fourth-order valence-electron chi connectivity index (χ4n) is 7.54. The van der Waals surface area contributed by atoms with E-state index >= 15 is 0 Å². The number of hydrogen-bond acceptors (Lipinski definition) is 10.